The normalized spacial score (nSPS) is 10.1. The van der Waals surface area contributed by atoms with Crippen molar-refractivity contribution in [2.45, 2.75) is 13.8 Å². The average molecular weight is 160 g/mol. The van der Waals surface area contributed by atoms with Gasteiger partial charge in [-0.2, -0.15) is 0 Å². The summed E-state index contributed by atoms with van der Waals surface area (Å²) in [6, 6.07) is -0.502. The van der Waals surface area contributed by atoms with Gasteiger partial charge in [-0.25, -0.2) is 4.79 Å². The highest BCUT2D eigenvalue weighted by molar-refractivity contribution is 5.71. The summed E-state index contributed by atoms with van der Waals surface area (Å²) in [7, 11) is 0. The first kappa shape index (κ1) is 10.2. The van der Waals surface area contributed by atoms with E-state index in [4.69, 9.17) is 10.5 Å². The van der Waals surface area contributed by atoms with Crippen molar-refractivity contribution < 1.29 is 9.53 Å². The molecule has 0 saturated carbocycles. The van der Waals surface area contributed by atoms with E-state index in [-0.39, 0.29) is 0 Å². The minimum atomic E-state index is -0.502. The van der Waals surface area contributed by atoms with E-state index in [1.165, 1.54) is 0 Å². The van der Waals surface area contributed by atoms with Crippen LogP contribution in [0.25, 0.3) is 0 Å². The summed E-state index contributed by atoms with van der Waals surface area (Å²) in [5.41, 5.74) is 4.83. The second kappa shape index (κ2) is 5.97. The molecule has 0 aliphatic rings. The quantitative estimate of drug-likeness (QED) is 0.569. The van der Waals surface area contributed by atoms with Gasteiger partial charge in [-0.1, -0.05) is 13.8 Å². The Morgan fingerprint density at radius 3 is 2.73 bits per heavy atom. The van der Waals surface area contributed by atoms with Gasteiger partial charge in [0.15, 0.2) is 0 Å². The minimum Gasteiger partial charge on any atom is -0.379 e. The molecule has 0 fully saturated rings. The van der Waals surface area contributed by atoms with Gasteiger partial charge in [0.1, 0.15) is 0 Å². The third-order valence-electron chi connectivity index (χ3n) is 0.997. The molecule has 0 aromatic heterocycles. The minimum absolute atomic E-state index is 0.488. The van der Waals surface area contributed by atoms with E-state index in [9.17, 15) is 4.79 Å². The molecule has 0 aromatic carbocycles. The molecule has 3 N–H and O–H groups in total. The number of primary amides is 1. The molecular weight excluding hydrogens is 144 g/mol. The Morgan fingerprint density at radius 2 is 2.27 bits per heavy atom. The van der Waals surface area contributed by atoms with Crippen molar-refractivity contribution in [3.63, 3.8) is 0 Å². The lowest BCUT2D eigenvalue weighted by Crippen LogP contribution is -2.32. The van der Waals surface area contributed by atoms with Gasteiger partial charge < -0.3 is 15.8 Å². The molecule has 0 heterocycles. The largest absolute Gasteiger partial charge is 0.379 e. The molecule has 0 aromatic rings. The molecule has 4 heteroatoms. The number of carbonyl (C=O) groups is 1. The Bertz CT molecular complexity index is 115. The van der Waals surface area contributed by atoms with Gasteiger partial charge in [-0.05, 0) is 5.92 Å². The van der Waals surface area contributed by atoms with E-state index in [0.29, 0.717) is 19.1 Å². The summed E-state index contributed by atoms with van der Waals surface area (Å²) < 4.78 is 5.18. The molecule has 0 atom stereocenters. The highest BCUT2D eigenvalue weighted by Crippen LogP contribution is 1.90. The van der Waals surface area contributed by atoms with Gasteiger partial charge in [-0.15, -0.1) is 0 Å². The zero-order valence-electron chi connectivity index (χ0n) is 7.09. The van der Waals surface area contributed by atoms with Crippen molar-refractivity contribution in [2.24, 2.45) is 11.7 Å². The van der Waals surface area contributed by atoms with Crippen LogP contribution in [0.2, 0.25) is 0 Å². The third kappa shape index (κ3) is 9.23. The number of ether oxygens (including phenoxy) is 1. The van der Waals surface area contributed by atoms with Crippen molar-refractivity contribution in [3.8, 4) is 0 Å². The number of amides is 2. The summed E-state index contributed by atoms with van der Waals surface area (Å²) in [6.07, 6.45) is 0. The van der Waals surface area contributed by atoms with Crippen LogP contribution in [0.4, 0.5) is 4.79 Å². The summed E-state index contributed by atoms with van der Waals surface area (Å²) in [5.74, 6) is 0.531. The van der Waals surface area contributed by atoms with Crippen molar-refractivity contribution in [3.05, 3.63) is 0 Å². The van der Waals surface area contributed by atoms with Crippen molar-refractivity contribution in [2.75, 3.05) is 19.8 Å². The molecule has 0 aliphatic carbocycles. The van der Waals surface area contributed by atoms with Crippen LogP contribution in [-0.4, -0.2) is 25.8 Å². The van der Waals surface area contributed by atoms with Crippen LogP contribution < -0.4 is 11.1 Å². The molecule has 4 nitrogen and oxygen atoms in total. The van der Waals surface area contributed by atoms with Crippen molar-refractivity contribution in [1.82, 2.24) is 5.32 Å². The van der Waals surface area contributed by atoms with Crippen LogP contribution in [0, 0.1) is 5.92 Å². The number of hydrogen-bond acceptors (Lipinski definition) is 2. The fourth-order valence-corrected chi connectivity index (χ4v) is 0.565. The zero-order valence-corrected chi connectivity index (χ0v) is 7.09. The maximum atomic E-state index is 10.2. The first-order chi connectivity index (χ1) is 5.13. The lowest BCUT2D eigenvalue weighted by Gasteiger charge is -2.06. The molecular formula is C7H16N2O2. The molecule has 0 bridgehead atoms. The summed E-state index contributed by atoms with van der Waals surface area (Å²) in [4.78, 5) is 10.2. The maximum absolute atomic E-state index is 10.2. The van der Waals surface area contributed by atoms with E-state index >= 15 is 0 Å². The SMILES string of the molecule is CC(C)COCCNC(N)=O. The van der Waals surface area contributed by atoms with Crippen LogP contribution in [0.3, 0.4) is 0 Å². The second-order valence-electron chi connectivity index (χ2n) is 2.76. The highest BCUT2D eigenvalue weighted by atomic mass is 16.5. The molecule has 0 aliphatic heterocycles. The van der Waals surface area contributed by atoms with Crippen LogP contribution in [-0.2, 0) is 4.74 Å². The van der Waals surface area contributed by atoms with Gasteiger partial charge >= 0.3 is 6.03 Å². The van der Waals surface area contributed by atoms with Gasteiger partial charge in [0, 0.05) is 13.2 Å². The Balaban J connectivity index is 2.97. The highest BCUT2D eigenvalue weighted by Gasteiger charge is 1.93. The van der Waals surface area contributed by atoms with E-state index in [2.05, 4.69) is 19.2 Å². The number of rotatable bonds is 5. The van der Waals surface area contributed by atoms with Gasteiger partial charge in [-0.3, -0.25) is 0 Å². The van der Waals surface area contributed by atoms with Gasteiger partial charge in [0.25, 0.3) is 0 Å². The number of carbonyl (C=O) groups excluding carboxylic acids is 1. The standard InChI is InChI=1S/C7H16N2O2/c1-6(2)5-11-4-3-9-7(8)10/h6H,3-5H2,1-2H3,(H3,8,9,10). The van der Waals surface area contributed by atoms with Crippen LogP contribution >= 0.6 is 0 Å². The molecule has 0 radical (unpaired) electrons. The van der Waals surface area contributed by atoms with Crippen molar-refractivity contribution >= 4 is 6.03 Å². The zero-order chi connectivity index (χ0) is 8.69. The molecule has 2 amide bonds. The fourth-order valence-electron chi connectivity index (χ4n) is 0.565. The summed E-state index contributed by atoms with van der Waals surface area (Å²) in [6.45, 7) is 5.88. The first-order valence-electron chi connectivity index (χ1n) is 3.74. The number of nitrogens with one attached hydrogen (secondary N) is 1. The molecule has 0 rings (SSSR count). The topological polar surface area (TPSA) is 64.3 Å². The Labute approximate surface area is 67.1 Å². The predicted molar refractivity (Wildman–Crippen MR) is 43.2 cm³/mol. The van der Waals surface area contributed by atoms with E-state index in [1.807, 2.05) is 0 Å². The van der Waals surface area contributed by atoms with E-state index in [1.54, 1.807) is 0 Å². The predicted octanol–water partition coefficient (Wildman–Crippen LogP) is 0.327. The Hall–Kier alpha value is -0.770. The van der Waals surface area contributed by atoms with E-state index in [0.717, 1.165) is 6.61 Å². The molecule has 0 saturated heterocycles. The van der Waals surface area contributed by atoms with Crippen LogP contribution in [0.5, 0.6) is 0 Å². The molecule has 66 valence electrons. The Morgan fingerprint density at radius 1 is 1.64 bits per heavy atom. The lowest BCUT2D eigenvalue weighted by atomic mass is 10.2. The second-order valence-corrected chi connectivity index (χ2v) is 2.76. The third-order valence-corrected chi connectivity index (χ3v) is 0.997. The fraction of sp³-hybridized carbons (Fsp3) is 0.857. The lowest BCUT2D eigenvalue weighted by molar-refractivity contribution is 0.113. The first-order valence-corrected chi connectivity index (χ1v) is 3.74. The van der Waals surface area contributed by atoms with Gasteiger partial charge in [0.05, 0.1) is 6.61 Å². The summed E-state index contributed by atoms with van der Waals surface area (Å²) >= 11 is 0. The average Bonchev–Trinajstić information content (AvgIpc) is 1.85. The van der Waals surface area contributed by atoms with Crippen LogP contribution in [0.15, 0.2) is 0 Å². The van der Waals surface area contributed by atoms with E-state index < -0.39 is 6.03 Å². The number of nitrogens with two attached hydrogens (primary N) is 1. The molecule has 0 spiro atoms. The maximum Gasteiger partial charge on any atom is 0.312 e. The summed E-state index contributed by atoms with van der Waals surface area (Å²) in [5, 5.41) is 2.43. The van der Waals surface area contributed by atoms with Crippen LogP contribution in [0.1, 0.15) is 13.8 Å². The molecule has 0 unspecified atom stereocenters. The Kier molecular flexibility index (Phi) is 5.56. The smallest absolute Gasteiger partial charge is 0.312 e. The van der Waals surface area contributed by atoms with Crippen molar-refractivity contribution in [1.29, 1.82) is 0 Å². The monoisotopic (exact) mass is 160 g/mol. The van der Waals surface area contributed by atoms with Gasteiger partial charge in [0.2, 0.25) is 0 Å². The molecule has 11 heavy (non-hydrogen) atoms. The number of urea groups is 1. The number of hydrogen-bond donors (Lipinski definition) is 2.